The first-order valence-electron chi connectivity index (χ1n) is 4.15. The van der Waals surface area contributed by atoms with Crippen molar-refractivity contribution in [2.75, 3.05) is 0 Å². The normalized spacial score (nSPS) is 10.9. The van der Waals surface area contributed by atoms with Gasteiger partial charge < -0.3 is 5.11 Å². The van der Waals surface area contributed by atoms with Crippen LogP contribution in [-0.4, -0.2) is 5.11 Å². The summed E-state index contributed by atoms with van der Waals surface area (Å²) in [5.74, 6) is -0.102. The van der Waals surface area contributed by atoms with E-state index >= 15 is 0 Å². The fourth-order valence-electron chi connectivity index (χ4n) is 1.18. The Labute approximate surface area is 85.7 Å². The second kappa shape index (κ2) is 4.20. The maximum atomic E-state index is 13.4. The first-order chi connectivity index (χ1) is 6.06. The van der Waals surface area contributed by atoms with E-state index in [-0.39, 0.29) is 18.3 Å². The average molecular weight is 247 g/mol. The van der Waals surface area contributed by atoms with Crippen LogP contribution in [-0.2, 0) is 6.61 Å². The molecule has 0 heterocycles. The number of benzene rings is 1. The predicted molar refractivity (Wildman–Crippen MR) is 54.1 cm³/mol. The Morgan fingerprint density at radius 1 is 1.46 bits per heavy atom. The van der Waals surface area contributed by atoms with Gasteiger partial charge in [-0.2, -0.15) is 0 Å². The Balaban J connectivity index is 3.25. The minimum atomic E-state index is -0.229. The van der Waals surface area contributed by atoms with Crippen molar-refractivity contribution in [3.05, 3.63) is 33.5 Å². The van der Waals surface area contributed by atoms with Crippen LogP contribution in [0.3, 0.4) is 0 Å². The number of rotatable bonds is 2. The molecule has 0 spiro atoms. The highest BCUT2D eigenvalue weighted by Gasteiger charge is 2.11. The molecule has 0 aliphatic carbocycles. The van der Waals surface area contributed by atoms with Crippen molar-refractivity contribution < 1.29 is 9.50 Å². The van der Waals surface area contributed by atoms with Gasteiger partial charge in [-0.1, -0.05) is 19.9 Å². The molecular weight excluding hydrogens is 235 g/mol. The zero-order valence-electron chi connectivity index (χ0n) is 7.64. The predicted octanol–water partition coefficient (Wildman–Crippen LogP) is 3.20. The summed E-state index contributed by atoms with van der Waals surface area (Å²) >= 11 is 3.12. The molecule has 1 nitrogen and oxygen atoms in total. The summed E-state index contributed by atoms with van der Waals surface area (Å²) in [7, 11) is 0. The number of aliphatic hydroxyl groups excluding tert-OH is 1. The van der Waals surface area contributed by atoms with E-state index < -0.39 is 0 Å². The van der Waals surface area contributed by atoms with E-state index in [1.54, 1.807) is 12.1 Å². The number of aliphatic hydroxyl groups is 1. The molecule has 0 bridgehead atoms. The third-order valence-electron chi connectivity index (χ3n) is 1.92. The monoisotopic (exact) mass is 246 g/mol. The molecule has 0 fully saturated rings. The molecule has 72 valence electrons. The van der Waals surface area contributed by atoms with E-state index in [4.69, 9.17) is 5.11 Å². The fraction of sp³-hybridized carbons (Fsp3) is 0.400. The van der Waals surface area contributed by atoms with E-state index in [1.807, 2.05) is 13.8 Å². The molecule has 1 N–H and O–H groups in total. The first kappa shape index (κ1) is 10.7. The molecule has 0 unspecified atom stereocenters. The molecular formula is C10H12BrFO. The molecule has 3 heteroatoms. The molecule has 0 aliphatic rings. The van der Waals surface area contributed by atoms with Gasteiger partial charge in [0.05, 0.1) is 11.1 Å². The smallest absolute Gasteiger partial charge is 0.140 e. The second-order valence-electron chi connectivity index (χ2n) is 3.29. The van der Waals surface area contributed by atoms with Gasteiger partial charge in [-0.3, -0.25) is 0 Å². The van der Waals surface area contributed by atoms with Crippen LogP contribution in [0, 0.1) is 5.82 Å². The van der Waals surface area contributed by atoms with E-state index in [1.165, 1.54) is 0 Å². The van der Waals surface area contributed by atoms with Crippen molar-refractivity contribution in [1.29, 1.82) is 0 Å². The molecule has 0 aromatic heterocycles. The van der Waals surface area contributed by atoms with E-state index in [0.717, 1.165) is 5.56 Å². The van der Waals surface area contributed by atoms with Crippen molar-refractivity contribution in [2.45, 2.75) is 26.4 Å². The standard InChI is InChI=1S/C10H12BrFO/c1-6(2)8-3-7(5-13)4-9(11)10(8)12/h3-4,6,13H,5H2,1-2H3. The molecule has 1 aromatic rings. The van der Waals surface area contributed by atoms with Crippen molar-refractivity contribution in [3.63, 3.8) is 0 Å². The lowest BCUT2D eigenvalue weighted by Gasteiger charge is -2.10. The minimum absolute atomic E-state index is 0.0569. The van der Waals surface area contributed by atoms with Crippen LogP contribution in [0.25, 0.3) is 0 Å². The summed E-state index contributed by atoms with van der Waals surface area (Å²) in [5.41, 5.74) is 1.37. The van der Waals surface area contributed by atoms with Crippen molar-refractivity contribution in [2.24, 2.45) is 0 Å². The summed E-state index contributed by atoms with van der Waals surface area (Å²) in [6.07, 6.45) is 0. The maximum Gasteiger partial charge on any atom is 0.140 e. The molecule has 13 heavy (non-hydrogen) atoms. The van der Waals surface area contributed by atoms with Crippen molar-refractivity contribution >= 4 is 15.9 Å². The third-order valence-corrected chi connectivity index (χ3v) is 2.50. The van der Waals surface area contributed by atoms with Gasteiger partial charge in [0.2, 0.25) is 0 Å². The van der Waals surface area contributed by atoms with Gasteiger partial charge in [-0.25, -0.2) is 4.39 Å². The van der Waals surface area contributed by atoms with Gasteiger partial charge in [0.15, 0.2) is 0 Å². The summed E-state index contributed by atoms with van der Waals surface area (Å²) in [6, 6.07) is 3.30. The highest BCUT2D eigenvalue weighted by molar-refractivity contribution is 9.10. The lowest BCUT2D eigenvalue weighted by molar-refractivity contribution is 0.281. The zero-order valence-corrected chi connectivity index (χ0v) is 9.23. The topological polar surface area (TPSA) is 20.2 Å². The maximum absolute atomic E-state index is 13.4. The molecule has 0 saturated heterocycles. The largest absolute Gasteiger partial charge is 0.392 e. The Hall–Kier alpha value is -0.410. The van der Waals surface area contributed by atoms with E-state index in [2.05, 4.69) is 15.9 Å². The highest BCUT2D eigenvalue weighted by Crippen LogP contribution is 2.26. The highest BCUT2D eigenvalue weighted by atomic mass is 79.9. The molecule has 0 amide bonds. The van der Waals surface area contributed by atoms with Crippen LogP contribution in [0.15, 0.2) is 16.6 Å². The average Bonchev–Trinajstić information content (AvgIpc) is 2.09. The Morgan fingerprint density at radius 3 is 2.54 bits per heavy atom. The van der Waals surface area contributed by atoms with Gasteiger partial charge in [0.25, 0.3) is 0 Å². The summed E-state index contributed by atoms with van der Waals surface area (Å²) < 4.78 is 13.9. The molecule has 0 atom stereocenters. The van der Waals surface area contributed by atoms with E-state index in [0.29, 0.717) is 10.0 Å². The van der Waals surface area contributed by atoms with Gasteiger partial charge in [-0.15, -0.1) is 0 Å². The molecule has 0 radical (unpaired) electrons. The van der Waals surface area contributed by atoms with Crippen LogP contribution in [0.5, 0.6) is 0 Å². The van der Waals surface area contributed by atoms with Crippen LogP contribution < -0.4 is 0 Å². The zero-order chi connectivity index (χ0) is 10.0. The SMILES string of the molecule is CC(C)c1cc(CO)cc(Br)c1F. The lowest BCUT2D eigenvalue weighted by Crippen LogP contribution is -1.97. The van der Waals surface area contributed by atoms with Gasteiger partial charge >= 0.3 is 0 Å². The van der Waals surface area contributed by atoms with Crippen LogP contribution >= 0.6 is 15.9 Å². The first-order valence-corrected chi connectivity index (χ1v) is 4.94. The molecule has 0 saturated carbocycles. The summed E-state index contributed by atoms with van der Waals surface area (Å²) in [5, 5.41) is 8.92. The van der Waals surface area contributed by atoms with Gasteiger partial charge in [-0.05, 0) is 39.0 Å². The number of hydrogen-bond acceptors (Lipinski definition) is 1. The van der Waals surface area contributed by atoms with Gasteiger partial charge in [0.1, 0.15) is 5.82 Å². The Bertz CT molecular complexity index is 310. The van der Waals surface area contributed by atoms with Crippen LogP contribution in [0.4, 0.5) is 4.39 Å². The van der Waals surface area contributed by atoms with Crippen molar-refractivity contribution in [3.8, 4) is 0 Å². The van der Waals surface area contributed by atoms with Crippen LogP contribution in [0.1, 0.15) is 30.9 Å². The quantitative estimate of drug-likeness (QED) is 0.850. The number of halogens is 2. The Kier molecular flexibility index (Phi) is 3.45. The number of hydrogen-bond donors (Lipinski definition) is 1. The fourth-order valence-corrected chi connectivity index (χ4v) is 1.70. The summed E-state index contributed by atoms with van der Waals surface area (Å²) in [6.45, 7) is 3.79. The lowest BCUT2D eigenvalue weighted by atomic mass is 10.0. The minimum Gasteiger partial charge on any atom is -0.392 e. The van der Waals surface area contributed by atoms with Crippen LogP contribution in [0.2, 0.25) is 0 Å². The Morgan fingerprint density at radius 2 is 2.08 bits per heavy atom. The third kappa shape index (κ3) is 2.29. The van der Waals surface area contributed by atoms with Crippen molar-refractivity contribution in [1.82, 2.24) is 0 Å². The molecule has 1 aromatic carbocycles. The second-order valence-corrected chi connectivity index (χ2v) is 4.15. The summed E-state index contributed by atoms with van der Waals surface area (Å²) in [4.78, 5) is 0. The van der Waals surface area contributed by atoms with Gasteiger partial charge in [0, 0.05) is 0 Å². The molecule has 1 rings (SSSR count). The van der Waals surface area contributed by atoms with E-state index in [9.17, 15) is 4.39 Å². The molecule has 0 aliphatic heterocycles.